The highest BCUT2D eigenvalue weighted by Gasteiger charge is 2.25. The minimum absolute atomic E-state index is 0.0263. The number of benzene rings is 1. The molecule has 2 fully saturated rings. The molecule has 0 saturated carbocycles. The number of nitrogens with zero attached hydrogens (tertiary/aromatic N) is 1. The van der Waals surface area contributed by atoms with E-state index >= 15 is 0 Å². The zero-order valence-corrected chi connectivity index (χ0v) is 14.6. The third-order valence-electron chi connectivity index (χ3n) is 5.01. The van der Waals surface area contributed by atoms with E-state index in [9.17, 15) is 4.79 Å². The number of nitrogens with one attached hydrogen (secondary N) is 2. The van der Waals surface area contributed by atoms with Gasteiger partial charge in [-0.25, -0.2) is 0 Å². The zero-order chi connectivity index (χ0) is 16.8. The number of hydrogen-bond donors (Lipinski definition) is 2. The monoisotopic (exact) mass is 331 g/mol. The van der Waals surface area contributed by atoms with Crippen LogP contribution in [0.15, 0.2) is 24.3 Å². The van der Waals surface area contributed by atoms with Crippen LogP contribution in [0.25, 0.3) is 0 Å². The fourth-order valence-corrected chi connectivity index (χ4v) is 3.62. The van der Waals surface area contributed by atoms with Gasteiger partial charge in [0.2, 0.25) is 5.91 Å². The largest absolute Gasteiger partial charge is 0.379 e. The van der Waals surface area contributed by atoms with Crippen LogP contribution in [0.5, 0.6) is 0 Å². The topological polar surface area (TPSA) is 53.6 Å². The van der Waals surface area contributed by atoms with E-state index in [0.29, 0.717) is 6.54 Å². The maximum Gasteiger partial charge on any atom is 0.237 e. The number of rotatable bonds is 5. The van der Waals surface area contributed by atoms with E-state index in [1.54, 1.807) is 0 Å². The first-order valence-corrected chi connectivity index (χ1v) is 9.13. The van der Waals surface area contributed by atoms with Crippen molar-refractivity contribution in [2.75, 3.05) is 39.4 Å². The van der Waals surface area contributed by atoms with Crippen LogP contribution in [-0.4, -0.2) is 56.2 Å². The quantitative estimate of drug-likeness (QED) is 0.861. The minimum atomic E-state index is -0.0263. The molecule has 0 aromatic heterocycles. The first-order valence-electron chi connectivity index (χ1n) is 9.13. The number of hydrogen-bond acceptors (Lipinski definition) is 4. The minimum Gasteiger partial charge on any atom is -0.379 e. The van der Waals surface area contributed by atoms with E-state index in [0.717, 1.165) is 45.7 Å². The van der Waals surface area contributed by atoms with E-state index in [4.69, 9.17) is 4.74 Å². The number of aryl methyl sites for hydroxylation is 1. The molecule has 1 amide bonds. The van der Waals surface area contributed by atoms with E-state index in [2.05, 4.69) is 46.7 Å². The maximum absolute atomic E-state index is 12.5. The lowest BCUT2D eigenvalue weighted by molar-refractivity contribution is -0.124. The van der Waals surface area contributed by atoms with Crippen LogP contribution < -0.4 is 10.6 Å². The second-order valence-electron chi connectivity index (χ2n) is 6.83. The molecule has 2 N–H and O–H groups in total. The first kappa shape index (κ1) is 17.4. The Balaban J connectivity index is 1.66. The number of carbonyl (C=O) groups excluding carboxylic acids is 1. The van der Waals surface area contributed by atoms with E-state index in [1.165, 1.54) is 17.5 Å². The normalized spacial score (nSPS) is 23.6. The van der Waals surface area contributed by atoms with Crippen LogP contribution in [0.3, 0.4) is 0 Å². The molecule has 1 aromatic carbocycles. The van der Waals surface area contributed by atoms with E-state index in [1.807, 2.05) is 0 Å². The standard InChI is InChI=1S/C19H29N3O2/c1-15-5-4-6-16(13-15)18(22-9-11-24-12-10-22)14-21-19(23)17-7-2-3-8-20-17/h4-6,13,17-18,20H,2-3,7-12,14H2,1H3,(H,21,23). The van der Waals surface area contributed by atoms with Gasteiger partial charge in [0.15, 0.2) is 0 Å². The van der Waals surface area contributed by atoms with Crippen molar-refractivity contribution in [3.8, 4) is 0 Å². The van der Waals surface area contributed by atoms with Crippen LogP contribution in [0.2, 0.25) is 0 Å². The second kappa shape index (κ2) is 8.60. The molecule has 1 aromatic rings. The van der Waals surface area contributed by atoms with Gasteiger partial charge in [-0.15, -0.1) is 0 Å². The molecular weight excluding hydrogens is 302 g/mol. The van der Waals surface area contributed by atoms with Gasteiger partial charge in [0.1, 0.15) is 0 Å². The third kappa shape index (κ3) is 4.56. The van der Waals surface area contributed by atoms with Gasteiger partial charge in [-0.3, -0.25) is 9.69 Å². The van der Waals surface area contributed by atoms with Crippen molar-refractivity contribution in [3.05, 3.63) is 35.4 Å². The van der Waals surface area contributed by atoms with E-state index < -0.39 is 0 Å². The summed E-state index contributed by atoms with van der Waals surface area (Å²) >= 11 is 0. The number of morpholine rings is 1. The molecule has 2 atom stereocenters. The number of piperidine rings is 1. The Labute approximate surface area is 144 Å². The van der Waals surface area contributed by atoms with Gasteiger partial charge in [0, 0.05) is 19.6 Å². The Morgan fingerprint density at radius 3 is 2.92 bits per heavy atom. The molecule has 0 spiro atoms. The molecule has 0 bridgehead atoms. The van der Waals surface area contributed by atoms with Crippen molar-refractivity contribution in [1.29, 1.82) is 0 Å². The summed E-state index contributed by atoms with van der Waals surface area (Å²) in [5, 5.41) is 6.51. The lowest BCUT2D eigenvalue weighted by atomic mass is 10.0. The zero-order valence-electron chi connectivity index (χ0n) is 14.6. The molecule has 132 valence electrons. The summed E-state index contributed by atoms with van der Waals surface area (Å²) in [5.74, 6) is 0.139. The molecule has 5 heteroatoms. The van der Waals surface area contributed by atoms with Crippen LogP contribution in [-0.2, 0) is 9.53 Å². The van der Waals surface area contributed by atoms with Crippen molar-refractivity contribution in [2.45, 2.75) is 38.3 Å². The summed E-state index contributed by atoms with van der Waals surface area (Å²) in [6.45, 7) is 7.07. The third-order valence-corrected chi connectivity index (χ3v) is 5.01. The molecule has 2 aliphatic heterocycles. The Bertz CT molecular complexity index is 537. The van der Waals surface area contributed by atoms with Crippen LogP contribution in [0.1, 0.15) is 36.4 Å². The molecule has 2 aliphatic rings. The number of carbonyl (C=O) groups is 1. The molecule has 2 unspecified atom stereocenters. The molecule has 2 saturated heterocycles. The van der Waals surface area contributed by atoms with E-state index in [-0.39, 0.29) is 18.0 Å². The van der Waals surface area contributed by atoms with Crippen LogP contribution >= 0.6 is 0 Å². The Morgan fingerprint density at radius 1 is 1.38 bits per heavy atom. The van der Waals surface area contributed by atoms with Crippen molar-refractivity contribution < 1.29 is 9.53 Å². The lowest BCUT2D eigenvalue weighted by Crippen LogP contribution is -2.49. The Morgan fingerprint density at radius 2 is 2.21 bits per heavy atom. The average molecular weight is 331 g/mol. The van der Waals surface area contributed by atoms with Gasteiger partial charge in [0.05, 0.1) is 25.3 Å². The second-order valence-corrected chi connectivity index (χ2v) is 6.83. The lowest BCUT2D eigenvalue weighted by Gasteiger charge is -2.35. The van der Waals surface area contributed by atoms with Crippen LogP contribution in [0.4, 0.5) is 0 Å². The molecule has 2 heterocycles. The highest BCUT2D eigenvalue weighted by molar-refractivity contribution is 5.81. The first-order chi connectivity index (χ1) is 11.7. The summed E-state index contributed by atoms with van der Waals surface area (Å²) in [6.07, 6.45) is 3.25. The predicted octanol–water partition coefficient (Wildman–Crippen LogP) is 1.63. The smallest absolute Gasteiger partial charge is 0.237 e. The summed E-state index contributed by atoms with van der Waals surface area (Å²) < 4.78 is 5.49. The molecule has 5 nitrogen and oxygen atoms in total. The molecule has 24 heavy (non-hydrogen) atoms. The maximum atomic E-state index is 12.5. The molecule has 0 radical (unpaired) electrons. The molecular formula is C19H29N3O2. The number of amides is 1. The molecule has 3 rings (SSSR count). The van der Waals surface area contributed by atoms with Crippen molar-refractivity contribution in [2.24, 2.45) is 0 Å². The van der Waals surface area contributed by atoms with Crippen molar-refractivity contribution in [3.63, 3.8) is 0 Å². The fourth-order valence-electron chi connectivity index (χ4n) is 3.62. The van der Waals surface area contributed by atoms with Crippen molar-refractivity contribution in [1.82, 2.24) is 15.5 Å². The summed E-state index contributed by atoms with van der Waals surface area (Å²) in [7, 11) is 0. The van der Waals surface area contributed by atoms with Gasteiger partial charge >= 0.3 is 0 Å². The Kier molecular flexibility index (Phi) is 6.24. The number of ether oxygens (including phenoxy) is 1. The SMILES string of the molecule is Cc1cccc(C(CNC(=O)C2CCCCN2)N2CCOCC2)c1. The average Bonchev–Trinajstić information content (AvgIpc) is 2.63. The summed E-state index contributed by atoms with van der Waals surface area (Å²) in [4.78, 5) is 14.9. The highest BCUT2D eigenvalue weighted by Crippen LogP contribution is 2.22. The highest BCUT2D eigenvalue weighted by atomic mass is 16.5. The Hall–Kier alpha value is -1.43. The van der Waals surface area contributed by atoms with Gasteiger partial charge < -0.3 is 15.4 Å². The van der Waals surface area contributed by atoms with Crippen LogP contribution in [0, 0.1) is 6.92 Å². The fraction of sp³-hybridized carbons (Fsp3) is 0.632. The van der Waals surface area contributed by atoms with Gasteiger partial charge in [-0.05, 0) is 31.9 Å². The van der Waals surface area contributed by atoms with Crippen molar-refractivity contribution >= 4 is 5.91 Å². The predicted molar refractivity (Wildman–Crippen MR) is 95.0 cm³/mol. The summed E-state index contributed by atoms with van der Waals surface area (Å²) in [5.41, 5.74) is 2.53. The van der Waals surface area contributed by atoms with Gasteiger partial charge in [-0.1, -0.05) is 36.2 Å². The summed E-state index contributed by atoms with van der Waals surface area (Å²) in [6, 6.07) is 8.79. The molecule has 0 aliphatic carbocycles. The van der Waals surface area contributed by atoms with Gasteiger partial charge in [0.25, 0.3) is 0 Å². The van der Waals surface area contributed by atoms with Gasteiger partial charge in [-0.2, -0.15) is 0 Å².